The first kappa shape index (κ1) is 18.0. The summed E-state index contributed by atoms with van der Waals surface area (Å²) in [5.74, 6) is -1.68. The van der Waals surface area contributed by atoms with E-state index in [1.807, 2.05) is 32.0 Å². The summed E-state index contributed by atoms with van der Waals surface area (Å²) in [5, 5.41) is 7.19. The molecule has 2 aromatic rings. The predicted octanol–water partition coefficient (Wildman–Crippen LogP) is 3.70. The van der Waals surface area contributed by atoms with Crippen LogP contribution in [0.2, 0.25) is 10.0 Å². The van der Waals surface area contributed by atoms with Crippen molar-refractivity contribution < 1.29 is 9.59 Å². The van der Waals surface area contributed by atoms with Crippen molar-refractivity contribution in [1.82, 2.24) is 5.43 Å². The molecule has 5 nitrogen and oxygen atoms in total. The Kier molecular flexibility index (Phi) is 5.95. The SMILES string of the molecule is Cc1cccc(C)c1NC(=O)C(=O)N/N=C\c1ccc(Cl)cc1Cl. The van der Waals surface area contributed by atoms with Crippen LogP contribution in [0.3, 0.4) is 0 Å². The second-order valence-electron chi connectivity index (χ2n) is 5.09. The number of halogens is 2. The molecule has 24 heavy (non-hydrogen) atoms. The molecule has 0 aromatic heterocycles. The van der Waals surface area contributed by atoms with Gasteiger partial charge >= 0.3 is 11.8 Å². The van der Waals surface area contributed by atoms with Gasteiger partial charge in [-0.25, -0.2) is 5.43 Å². The Labute approximate surface area is 149 Å². The predicted molar refractivity (Wildman–Crippen MR) is 96.7 cm³/mol. The van der Waals surface area contributed by atoms with Gasteiger partial charge in [0.15, 0.2) is 0 Å². The number of nitrogens with zero attached hydrogens (tertiary/aromatic N) is 1. The summed E-state index contributed by atoms with van der Waals surface area (Å²) in [6, 6.07) is 10.4. The number of nitrogens with one attached hydrogen (secondary N) is 2. The minimum Gasteiger partial charge on any atom is -0.317 e. The Morgan fingerprint density at radius 3 is 2.33 bits per heavy atom. The molecule has 0 fully saturated rings. The van der Waals surface area contributed by atoms with Crippen LogP contribution in [0.15, 0.2) is 41.5 Å². The van der Waals surface area contributed by atoms with Gasteiger partial charge in [-0.05, 0) is 37.1 Å². The molecule has 2 aromatic carbocycles. The number of amides is 2. The van der Waals surface area contributed by atoms with Crippen molar-refractivity contribution in [3.8, 4) is 0 Å². The lowest BCUT2D eigenvalue weighted by atomic mass is 10.1. The standard InChI is InChI=1S/C17H15Cl2N3O2/c1-10-4-3-5-11(2)15(10)21-16(23)17(24)22-20-9-12-6-7-13(18)8-14(12)19/h3-9H,1-2H3,(H,21,23)(H,22,24)/b20-9-. The lowest BCUT2D eigenvalue weighted by Gasteiger charge is -2.10. The largest absolute Gasteiger partial charge is 0.329 e. The Morgan fingerprint density at radius 2 is 1.71 bits per heavy atom. The number of rotatable bonds is 3. The van der Waals surface area contributed by atoms with Crippen LogP contribution < -0.4 is 10.7 Å². The second kappa shape index (κ2) is 7.95. The van der Waals surface area contributed by atoms with Gasteiger partial charge in [-0.3, -0.25) is 9.59 Å². The molecule has 0 atom stereocenters. The van der Waals surface area contributed by atoms with Crippen LogP contribution in [0, 0.1) is 13.8 Å². The van der Waals surface area contributed by atoms with E-state index in [9.17, 15) is 9.59 Å². The van der Waals surface area contributed by atoms with Crippen molar-refractivity contribution in [1.29, 1.82) is 0 Å². The first-order chi connectivity index (χ1) is 11.4. The summed E-state index contributed by atoms with van der Waals surface area (Å²) < 4.78 is 0. The van der Waals surface area contributed by atoms with Crippen LogP contribution in [-0.4, -0.2) is 18.0 Å². The number of carbonyl (C=O) groups excluding carboxylic acids is 2. The fourth-order valence-corrected chi connectivity index (χ4v) is 2.46. The number of benzene rings is 2. The molecule has 2 rings (SSSR count). The molecule has 0 bridgehead atoms. The van der Waals surface area contributed by atoms with Gasteiger partial charge in [-0.2, -0.15) is 5.10 Å². The summed E-state index contributed by atoms with van der Waals surface area (Å²) >= 11 is 11.8. The van der Waals surface area contributed by atoms with Gasteiger partial charge in [-0.15, -0.1) is 0 Å². The molecule has 7 heteroatoms. The van der Waals surface area contributed by atoms with Gasteiger partial charge in [-0.1, -0.05) is 47.5 Å². The van der Waals surface area contributed by atoms with Gasteiger partial charge in [0, 0.05) is 16.3 Å². The van der Waals surface area contributed by atoms with Crippen molar-refractivity contribution in [2.75, 3.05) is 5.32 Å². The molecule has 0 saturated heterocycles. The van der Waals surface area contributed by atoms with E-state index in [1.54, 1.807) is 18.2 Å². The number of carbonyl (C=O) groups is 2. The van der Waals surface area contributed by atoms with Crippen LogP contribution in [-0.2, 0) is 9.59 Å². The number of hydrazone groups is 1. The van der Waals surface area contributed by atoms with E-state index < -0.39 is 11.8 Å². The average molecular weight is 364 g/mol. The van der Waals surface area contributed by atoms with E-state index in [0.29, 0.717) is 21.3 Å². The normalized spacial score (nSPS) is 10.7. The zero-order valence-electron chi connectivity index (χ0n) is 13.1. The van der Waals surface area contributed by atoms with E-state index in [1.165, 1.54) is 6.21 Å². The van der Waals surface area contributed by atoms with Crippen LogP contribution >= 0.6 is 23.2 Å². The highest BCUT2D eigenvalue weighted by Crippen LogP contribution is 2.20. The number of hydrogen-bond donors (Lipinski definition) is 2. The third kappa shape index (κ3) is 4.57. The van der Waals surface area contributed by atoms with E-state index >= 15 is 0 Å². The Bertz CT molecular complexity index is 799. The van der Waals surface area contributed by atoms with Crippen molar-refractivity contribution in [2.45, 2.75) is 13.8 Å². The first-order valence-electron chi connectivity index (χ1n) is 7.04. The van der Waals surface area contributed by atoms with Crippen LogP contribution in [0.1, 0.15) is 16.7 Å². The Balaban J connectivity index is 1.99. The van der Waals surface area contributed by atoms with Gasteiger partial charge < -0.3 is 5.32 Å². The third-order valence-corrected chi connectivity index (χ3v) is 3.82. The van der Waals surface area contributed by atoms with Gasteiger partial charge in [0.25, 0.3) is 0 Å². The molecule has 0 spiro atoms. The van der Waals surface area contributed by atoms with E-state index in [2.05, 4.69) is 15.8 Å². The second-order valence-corrected chi connectivity index (χ2v) is 5.93. The molecule has 0 aliphatic carbocycles. The number of para-hydroxylation sites is 1. The topological polar surface area (TPSA) is 70.6 Å². The van der Waals surface area contributed by atoms with Gasteiger partial charge in [0.05, 0.1) is 11.2 Å². The molecular weight excluding hydrogens is 349 g/mol. The monoisotopic (exact) mass is 363 g/mol. The van der Waals surface area contributed by atoms with Crippen molar-refractivity contribution in [3.63, 3.8) is 0 Å². The fraction of sp³-hybridized carbons (Fsp3) is 0.118. The minimum absolute atomic E-state index is 0.389. The fourth-order valence-electron chi connectivity index (χ4n) is 2.00. The highest BCUT2D eigenvalue weighted by atomic mass is 35.5. The quantitative estimate of drug-likeness (QED) is 0.495. The molecule has 0 heterocycles. The zero-order chi connectivity index (χ0) is 17.7. The van der Waals surface area contributed by atoms with Crippen LogP contribution in [0.25, 0.3) is 0 Å². The highest BCUT2D eigenvalue weighted by Gasteiger charge is 2.15. The van der Waals surface area contributed by atoms with Gasteiger partial charge in [0.2, 0.25) is 0 Å². The molecule has 2 amide bonds. The van der Waals surface area contributed by atoms with E-state index in [0.717, 1.165) is 11.1 Å². The summed E-state index contributed by atoms with van der Waals surface area (Å²) in [7, 11) is 0. The molecule has 0 unspecified atom stereocenters. The lowest BCUT2D eigenvalue weighted by Crippen LogP contribution is -2.32. The third-order valence-electron chi connectivity index (χ3n) is 3.26. The molecule has 0 aliphatic rings. The maximum atomic E-state index is 11.9. The van der Waals surface area contributed by atoms with Crippen molar-refractivity contribution in [3.05, 3.63) is 63.1 Å². The molecule has 0 saturated carbocycles. The van der Waals surface area contributed by atoms with Crippen LogP contribution in [0.5, 0.6) is 0 Å². The average Bonchev–Trinajstić information content (AvgIpc) is 2.52. The summed E-state index contributed by atoms with van der Waals surface area (Å²) in [4.78, 5) is 23.7. The minimum atomic E-state index is -0.876. The van der Waals surface area contributed by atoms with Crippen molar-refractivity contribution in [2.24, 2.45) is 5.10 Å². The summed E-state index contributed by atoms with van der Waals surface area (Å²) in [6.45, 7) is 3.70. The van der Waals surface area contributed by atoms with Gasteiger partial charge in [0.1, 0.15) is 0 Å². The molecular formula is C17H15Cl2N3O2. The summed E-state index contributed by atoms with van der Waals surface area (Å²) in [5.41, 5.74) is 5.07. The number of hydrogen-bond acceptors (Lipinski definition) is 3. The first-order valence-corrected chi connectivity index (χ1v) is 7.79. The lowest BCUT2D eigenvalue weighted by molar-refractivity contribution is -0.136. The maximum Gasteiger partial charge on any atom is 0.329 e. The molecule has 0 radical (unpaired) electrons. The summed E-state index contributed by atoms with van der Waals surface area (Å²) in [6.07, 6.45) is 1.34. The highest BCUT2D eigenvalue weighted by molar-refractivity contribution is 6.40. The van der Waals surface area contributed by atoms with E-state index in [-0.39, 0.29) is 0 Å². The van der Waals surface area contributed by atoms with Crippen molar-refractivity contribution >= 4 is 46.9 Å². The molecule has 124 valence electrons. The number of aryl methyl sites for hydroxylation is 2. The Morgan fingerprint density at radius 1 is 1.04 bits per heavy atom. The zero-order valence-corrected chi connectivity index (χ0v) is 14.6. The maximum absolute atomic E-state index is 11.9. The molecule has 2 N–H and O–H groups in total. The number of anilines is 1. The van der Waals surface area contributed by atoms with E-state index in [4.69, 9.17) is 23.2 Å². The van der Waals surface area contributed by atoms with Crippen LogP contribution in [0.4, 0.5) is 5.69 Å². The smallest absolute Gasteiger partial charge is 0.317 e. The molecule has 0 aliphatic heterocycles. The Hall–Kier alpha value is -2.37.